The molecule has 0 saturated carbocycles. The highest BCUT2D eigenvalue weighted by molar-refractivity contribution is 7.10. The molecule has 1 atom stereocenters. The SMILES string of the molecule is Cc1ccsc1C(CN)N(C)c1ccc(C#N)cc1. The van der Waals surface area contributed by atoms with Crippen LogP contribution in [0.3, 0.4) is 0 Å². The van der Waals surface area contributed by atoms with Crippen LogP contribution in [-0.2, 0) is 0 Å². The predicted molar refractivity (Wildman–Crippen MR) is 80.4 cm³/mol. The number of benzene rings is 1. The van der Waals surface area contributed by atoms with Crippen molar-refractivity contribution >= 4 is 17.0 Å². The van der Waals surface area contributed by atoms with Crippen LogP contribution in [-0.4, -0.2) is 13.6 Å². The van der Waals surface area contributed by atoms with E-state index in [1.165, 1.54) is 10.4 Å². The third-order valence-electron chi connectivity index (χ3n) is 3.30. The number of nitrogens with zero attached hydrogens (tertiary/aromatic N) is 2. The van der Waals surface area contributed by atoms with Crippen LogP contribution in [0.4, 0.5) is 5.69 Å². The van der Waals surface area contributed by atoms with Crippen molar-refractivity contribution in [2.75, 3.05) is 18.5 Å². The van der Waals surface area contributed by atoms with Crippen LogP contribution in [0.2, 0.25) is 0 Å². The second-order valence-electron chi connectivity index (χ2n) is 4.49. The maximum atomic E-state index is 8.83. The van der Waals surface area contributed by atoms with Gasteiger partial charge in [-0.05, 0) is 48.2 Å². The lowest BCUT2D eigenvalue weighted by atomic mass is 10.1. The molecule has 3 nitrogen and oxygen atoms in total. The van der Waals surface area contributed by atoms with Crippen molar-refractivity contribution in [1.29, 1.82) is 5.26 Å². The van der Waals surface area contributed by atoms with E-state index in [-0.39, 0.29) is 6.04 Å². The molecular weight excluding hydrogens is 254 g/mol. The maximum Gasteiger partial charge on any atom is 0.0991 e. The minimum atomic E-state index is 0.174. The number of rotatable bonds is 4. The summed E-state index contributed by atoms with van der Waals surface area (Å²) in [7, 11) is 2.04. The third-order valence-corrected chi connectivity index (χ3v) is 4.42. The maximum absolute atomic E-state index is 8.83. The first-order chi connectivity index (χ1) is 9.17. The number of aryl methyl sites for hydroxylation is 1. The van der Waals surface area contributed by atoms with Gasteiger partial charge in [0.05, 0.1) is 17.7 Å². The molecule has 0 aliphatic carbocycles. The lowest BCUT2D eigenvalue weighted by Gasteiger charge is -2.29. The molecule has 2 rings (SSSR count). The zero-order valence-electron chi connectivity index (χ0n) is 11.1. The standard InChI is InChI=1S/C15H17N3S/c1-11-7-8-19-15(11)14(10-17)18(2)13-5-3-12(9-16)4-6-13/h3-8,14H,10,17H2,1-2H3. The van der Waals surface area contributed by atoms with Gasteiger partial charge in [-0.2, -0.15) is 5.26 Å². The molecular formula is C15H17N3S. The molecule has 1 heterocycles. The van der Waals surface area contributed by atoms with Gasteiger partial charge in [-0.15, -0.1) is 11.3 Å². The molecule has 1 unspecified atom stereocenters. The largest absolute Gasteiger partial charge is 0.365 e. The molecule has 4 heteroatoms. The second-order valence-corrected chi connectivity index (χ2v) is 5.44. The highest BCUT2D eigenvalue weighted by atomic mass is 32.1. The predicted octanol–water partition coefficient (Wildman–Crippen LogP) is 3.06. The van der Waals surface area contributed by atoms with Gasteiger partial charge in [0.2, 0.25) is 0 Å². The summed E-state index contributed by atoms with van der Waals surface area (Å²) in [5.41, 5.74) is 8.96. The number of hydrogen-bond donors (Lipinski definition) is 1. The summed E-state index contributed by atoms with van der Waals surface area (Å²) in [5, 5.41) is 10.9. The first-order valence-corrected chi connectivity index (χ1v) is 7.02. The van der Waals surface area contributed by atoms with Gasteiger partial charge >= 0.3 is 0 Å². The lowest BCUT2D eigenvalue weighted by Crippen LogP contribution is -2.30. The number of likely N-dealkylation sites (N-methyl/N-ethyl adjacent to an activating group) is 1. The van der Waals surface area contributed by atoms with Crippen molar-refractivity contribution in [2.24, 2.45) is 5.73 Å². The van der Waals surface area contributed by atoms with Crippen LogP contribution in [0.25, 0.3) is 0 Å². The van der Waals surface area contributed by atoms with Gasteiger partial charge in [0, 0.05) is 24.2 Å². The van der Waals surface area contributed by atoms with Crippen molar-refractivity contribution in [2.45, 2.75) is 13.0 Å². The Kier molecular flexibility index (Phi) is 4.20. The summed E-state index contributed by atoms with van der Waals surface area (Å²) in [5.74, 6) is 0. The Morgan fingerprint density at radius 1 is 1.32 bits per heavy atom. The molecule has 2 aromatic rings. The van der Waals surface area contributed by atoms with Crippen LogP contribution in [0.5, 0.6) is 0 Å². The summed E-state index contributed by atoms with van der Waals surface area (Å²) in [6.07, 6.45) is 0. The summed E-state index contributed by atoms with van der Waals surface area (Å²) < 4.78 is 0. The fourth-order valence-electron chi connectivity index (χ4n) is 2.12. The van der Waals surface area contributed by atoms with Crippen LogP contribution < -0.4 is 10.6 Å². The fraction of sp³-hybridized carbons (Fsp3) is 0.267. The van der Waals surface area contributed by atoms with E-state index in [1.807, 2.05) is 31.3 Å². The molecule has 19 heavy (non-hydrogen) atoms. The summed E-state index contributed by atoms with van der Waals surface area (Å²) >= 11 is 1.74. The Morgan fingerprint density at radius 2 is 2.00 bits per heavy atom. The topological polar surface area (TPSA) is 53.0 Å². The van der Waals surface area contributed by atoms with Crippen molar-refractivity contribution in [3.8, 4) is 6.07 Å². The molecule has 0 spiro atoms. The van der Waals surface area contributed by atoms with Crippen molar-refractivity contribution in [3.05, 3.63) is 51.7 Å². The normalized spacial score (nSPS) is 11.9. The molecule has 1 aromatic heterocycles. The number of anilines is 1. The Bertz CT molecular complexity index is 580. The van der Waals surface area contributed by atoms with E-state index in [9.17, 15) is 0 Å². The number of nitriles is 1. The van der Waals surface area contributed by atoms with Gasteiger partial charge < -0.3 is 10.6 Å². The first-order valence-electron chi connectivity index (χ1n) is 6.14. The molecule has 0 saturated heterocycles. The minimum Gasteiger partial charge on any atom is -0.365 e. The Labute approximate surface area is 117 Å². The molecule has 0 radical (unpaired) electrons. The molecule has 1 aromatic carbocycles. The first kappa shape index (κ1) is 13.6. The molecule has 0 aliphatic rings. The quantitative estimate of drug-likeness (QED) is 0.929. The van der Waals surface area contributed by atoms with Crippen LogP contribution in [0, 0.1) is 18.3 Å². The average molecular weight is 271 g/mol. The highest BCUT2D eigenvalue weighted by Gasteiger charge is 2.18. The highest BCUT2D eigenvalue weighted by Crippen LogP contribution is 2.30. The van der Waals surface area contributed by atoms with Crippen molar-refractivity contribution in [3.63, 3.8) is 0 Å². The average Bonchev–Trinajstić information content (AvgIpc) is 2.86. The van der Waals surface area contributed by atoms with Gasteiger partial charge in [0.25, 0.3) is 0 Å². The number of hydrogen-bond acceptors (Lipinski definition) is 4. The molecule has 0 amide bonds. The van der Waals surface area contributed by atoms with Gasteiger partial charge in [-0.25, -0.2) is 0 Å². The van der Waals surface area contributed by atoms with E-state index < -0.39 is 0 Å². The molecule has 0 aliphatic heterocycles. The second kappa shape index (κ2) is 5.87. The van der Waals surface area contributed by atoms with Crippen LogP contribution in [0.1, 0.15) is 22.0 Å². The van der Waals surface area contributed by atoms with E-state index >= 15 is 0 Å². The van der Waals surface area contributed by atoms with Crippen molar-refractivity contribution < 1.29 is 0 Å². The lowest BCUT2D eigenvalue weighted by molar-refractivity contribution is 0.689. The van der Waals surface area contributed by atoms with E-state index in [4.69, 9.17) is 11.0 Å². The zero-order valence-corrected chi connectivity index (χ0v) is 11.9. The molecule has 2 N–H and O–H groups in total. The fourth-order valence-corrected chi connectivity index (χ4v) is 3.20. The minimum absolute atomic E-state index is 0.174. The number of nitrogens with two attached hydrogens (primary N) is 1. The van der Waals surface area contributed by atoms with E-state index in [0.717, 1.165) is 5.69 Å². The number of thiophene rings is 1. The molecule has 0 fully saturated rings. The van der Waals surface area contributed by atoms with E-state index in [1.54, 1.807) is 11.3 Å². The molecule has 0 bridgehead atoms. The molecule has 98 valence electrons. The Morgan fingerprint density at radius 3 is 2.47 bits per heavy atom. The van der Waals surface area contributed by atoms with Gasteiger partial charge in [-0.1, -0.05) is 0 Å². The van der Waals surface area contributed by atoms with Crippen molar-refractivity contribution in [1.82, 2.24) is 0 Å². The van der Waals surface area contributed by atoms with Gasteiger partial charge in [0.15, 0.2) is 0 Å². The third kappa shape index (κ3) is 2.78. The summed E-state index contributed by atoms with van der Waals surface area (Å²) in [6.45, 7) is 2.68. The summed E-state index contributed by atoms with van der Waals surface area (Å²) in [6, 6.07) is 12.0. The Balaban J connectivity index is 2.28. The van der Waals surface area contributed by atoms with Gasteiger partial charge in [-0.3, -0.25) is 0 Å². The van der Waals surface area contributed by atoms with E-state index in [0.29, 0.717) is 12.1 Å². The monoisotopic (exact) mass is 271 g/mol. The van der Waals surface area contributed by atoms with Gasteiger partial charge in [0.1, 0.15) is 0 Å². The Hall–Kier alpha value is -1.83. The van der Waals surface area contributed by atoms with E-state index in [2.05, 4.69) is 29.3 Å². The van der Waals surface area contributed by atoms with Crippen LogP contribution >= 0.6 is 11.3 Å². The smallest absolute Gasteiger partial charge is 0.0991 e. The van der Waals surface area contributed by atoms with Crippen LogP contribution in [0.15, 0.2) is 35.7 Å². The summed E-state index contributed by atoms with van der Waals surface area (Å²) in [4.78, 5) is 3.47. The zero-order chi connectivity index (χ0) is 13.8.